The number of aryl methyl sites for hydroxylation is 1. The lowest BCUT2D eigenvalue weighted by atomic mass is 9.90. The van der Waals surface area contributed by atoms with Crippen LogP contribution in [0.15, 0.2) is 42.2 Å². The minimum Gasteiger partial charge on any atom is -0.456 e. The van der Waals surface area contributed by atoms with Gasteiger partial charge in [0.2, 0.25) is 0 Å². The third-order valence-corrected chi connectivity index (χ3v) is 5.07. The van der Waals surface area contributed by atoms with Crippen LogP contribution in [0.4, 0.5) is 17.6 Å². The minimum absolute atomic E-state index is 0.0477. The first-order valence-corrected chi connectivity index (χ1v) is 10.1. The minimum atomic E-state index is -5.19. The van der Waals surface area contributed by atoms with Gasteiger partial charge in [0.15, 0.2) is 5.83 Å². The molecule has 0 saturated heterocycles. The van der Waals surface area contributed by atoms with Crippen molar-refractivity contribution in [1.29, 1.82) is 0 Å². The molecule has 10 heteroatoms. The fourth-order valence-electron chi connectivity index (χ4n) is 3.25. The molecule has 1 unspecified atom stereocenters. The zero-order valence-corrected chi connectivity index (χ0v) is 19.0. The Bertz CT molecular complexity index is 1090. The lowest BCUT2D eigenvalue weighted by Gasteiger charge is -2.29. The Balaban J connectivity index is 2.10. The van der Waals surface area contributed by atoms with E-state index in [0.29, 0.717) is 5.56 Å². The van der Waals surface area contributed by atoms with Gasteiger partial charge < -0.3 is 4.74 Å². The second-order valence-electron chi connectivity index (χ2n) is 8.26. The summed E-state index contributed by atoms with van der Waals surface area (Å²) in [5.41, 5.74) is -2.65. The topological polar surface area (TPSA) is 47.6 Å². The molecule has 0 spiro atoms. The molecule has 1 aliphatic heterocycles. The SMILES string of the molecule is Cc1cc(C2=C(F)C(c3cc(Cl)cc(Cl)c3)(C(F)(F)F)ON2)ccc1C(=O)OC(C)(C)C. The number of hydroxylamine groups is 1. The van der Waals surface area contributed by atoms with Crippen molar-refractivity contribution in [3.8, 4) is 0 Å². The molecular weight excluding hydrogens is 473 g/mol. The Hall–Kier alpha value is -2.29. The second-order valence-corrected chi connectivity index (χ2v) is 9.13. The summed E-state index contributed by atoms with van der Waals surface area (Å²) in [6.07, 6.45) is -5.19. The lowest BCUT2D eigenvalue weighted by Crippen LogP contribution is -2.44. The van der Waals surface area contributed by atoms with Crippen LogP contribution in [-0.4, -0.2) is 17.7 Å². The Kier molecular flexibility index (Phi) is 6.27. The average molecular weight is 492 g/mol. The van der Waals surface area contributed by atoms with Gasteiger partial charge in [0.25, 0.3) is 5.60 Å². The third kappa shape index (κ3) is 4.44. The number of benzene rings is 2. The maximum atomic E-state index is 15.4. The lowest BCUT2D eigenvalue weighted by molar-refractivity contribution is -0.278. The predicted molar refractivity (Wildman–Crippen MR) is 113 cm³/mol. The van der Waals surface area contributed by atoms with Crippen molar-refractivity contribution in [3.63, 3.8) is 0 Å². The van der Waals surface area contributed by atoms with Crippen LogP contribution in [0, 0.1) is 6.92 Å². The van der Waals surface area contributed by atoms with Crippen molar-refractivity contribution in [1.82, 2.24) is 5.48 Å². The molecule has 0 bridgehead atoms. The first-order valence-electron chi connectivity index (χ1n) is 9.37. The van der Waals surface area contributed by atoms with Gasteiger partial charge in [-0.3, -0.25) is 5.48 Å². The van der Waals surface area contributed by atoms with E-state index in [0.717, 1.165) is 12.1 Å². The van der Waals surface area contributed by atoms with Gasteiger partial charge in [0.05, 0.1) is 5.56 Å². The number of carbonyl (C=O) groups excluding carboxylic acids is 1. The van der Waals surface area contributed by atoms with Gasteiger partial charge in [0, 0.05) is 21.2 Å². The highest BCUT2D eigenvalue weighted by Crippen LogP contribution is 2.53. The van der Waals surface area contributed by atoms with E-state index >= 15 is 4.39 Å². The standard InChI is InChI=1S/C22H19Cl2F4NO3/c1-11-7-12(5-6-16(11)19(30)31-20(2,3)4)17-18(25)21(32-29-17,22(26,27)28)13-8-14(23)10-15(24)9-13/h5-10,29H,1-4H3. The molecule has 2 aromatic carbocycles. The van der Waals surface area contributed by atoms with Gasteiger partial charge in [0.1, 0.15) is 11.3 Å². The molecule has 1 N–H and O–H groups in total. The van der Waals surface area contributed by atoms with E-state index in [1.54, 1.807) is 27.7 Å². The maximum absolute atomic E-state index is 15.4. The largest absolute Gasteiger partial charge is 0.456 e. The van der Waals surface area contributed by atoms with Gasteiger partial charge in [-0.15, -0.1) is 0 Å². The van der Waals surface area contributed by atoms with Crippen LogP contribution >= 0.6 is 23.2 Å². The summed E-state index contributed by atoms with van der Waals surface area (Å²) in [7, 11) is 0. The number of halogens is 6. The molecule has 1 atom stereocenters. The molecule has 1 aliphatic rings. The van der Waals surface area contributed by atoms with Crippen LogP contribution in [0.3, 0.4) is 0 Å². The van der Waals surface area contributed by atoms with Crippen LogP contribution < -0.4 is 5.48 Å². The number of carbonyl (C=O) groups is 1. The molecule has 2 aromatic rings. The third-order valence-electron chi connectivity index (χ3n) is 4.64. The summed E-state index contributed by atoms with van der Waals surface area (Å²) in [4.78, 5) is 17.2. The first kappa shape index (κ1) is 24.4. The summed E-state index contributed by atoms with van der Waals surface area (Å²) in [5.74, 6) is -2.22. The van der Waals surface area contributed by atoms with E-state index in [4.69, 9.17) is 32.8 Å². The summed E-state index contributed by atoms with van der Waals surface area (Å²) in [5, 5.41) is -0.225. The van der Waals surface area contributed by atoms with Gasteiger partial charge >= 0.3 is 12.1 Å². The molecule has 0 aliphatic carbocycles. The van der Waals surface area contributed by atoms with Crippen LogP contribution in [0.2, 0.25) is 10.0 Å². The fourth-order valence-corrected chi connectivity index (χ4v) is 3.77. The van der Waals surface area contributed by atoms with Crippen molar-refractivity contribution < 1.29 is 31.9 Å². The van der Waals surface area contributed by atoms with Crippen molar-refractivity contribution >= 4 is 34.9 Å². The average Bonchev–Trinajstić information content (AvgIpc) is 2.97. The van der Waals surface area contributed by atoms with Crippen molar-refractivity contribution in [2.24, 2.45) is 0 Å². The number of rotatable bonds is 3. The molecule has 172 valence electrons. The molecule has 0 saturated carbocycles. The first-order chi connectivity index (χ1) is 14.7. The quantitative estimate of drug-likeness (QED) is 0.375. The molecule has 0 aromatic heterocycles. The maximum Gasteiger partial charge on any atom is 0.431 e. The van der Waals surface area contributed by atoms with Gasteiger partial charge in [-0.1, -0.05) is 29.3 Å². The number of hydrogen-bond acceptors (Lipinski definition) is 4. The fraction of sp³-hybridized carbons (Fsp3) is 0.318. The summed E-state index contributed by atoms with van der Waals surface area (Å²) in [6, 6.07) is 7.10. The van der Waals surface area contributed by atoms with Crippen molar-refractivity contribution in [3.05, 3.63) is 74.5 Å². The molecule has 32 heavy (non-hydrogen) atoms. The van der Waals surface area contributed by atoms with Gasteiger partial charge in [-0.25, -0.2) is 14.0 Å². The highest BCUT2D eigenvalue weighted by molar-refractivity contribution is 6.34. The highest BCUT2D eigenvalue weighted by atomic mass is 35.5. The Morgan fingerprint density at radius 2 is 1.66 bits per heavy atom. The van der Waals surface area contributed by atoms with Crippen LogP contribution in [-0.2, 0) is 15.2 Å². The molecule has 3 rings (SSSR count). The monoisotopic (exact) mass is 491 g/mol. The van der Waals surface area contributed by atoms with E-state index < -0.39 is 40.4 Å². The van der Waals surface area contributed by atoms with Crippen LogP contribution in [0.5, 0.6) is 0 Å². The molecule has 0 radical (unpaired) electrons. The van der Waals surface area contributed by atoms with E-state index in [2.05, 4.69) is 5.48 Å². The summed E-state index contributed by atoms with van der Waals surface area (Å²) >= 11 is 11.7. The Labute approximate surface area is 192 Å². The number of nitrogens with one attached hydrogen (secondary N) is 1. The summed E-state index contributed by atoms with van der Waals surface area (Å²) < 4.78 is 63.1. The van der Waals surface area contributed by atoms with E-state index in [1.807, 2.05) is 0 Å². The van der Waals surface area contributed by atoms with Crippen LogP contribution in [0.1, 0.15) is 47.8 Å². The highest BCUT2D eigenvalue weighted by Gasteiger charge is 2.65. The van der Waals surface area contributed by atoms with E-state index in [9.17, 15) is 18.0 Å². The van der Waals surface area contributed by atoms with E-state index in [1.165, 1.54) is 24.3 Å². The number of alkyl halides is 3. The van der Waals surface area contributed by atoms with Crippen molar-refractivity contribution in [2.45, 2.75) is 45.1 Å². The molecule has 1 heterocycles. The molecular formula is C22H19Cl2F4NO3. The predicted octanol–water partition coefficient (Wildman–Crippen LogP) is 6.89. The second kappa shape index (κ2) is 8.24. The van der Waals surface area contributed by atoms with Gasteiger partial charge in [-0.2, -0.15) is 13.2 Å². The van der Waals surface area contributed by atoms with Crippen molar-refractivity contribution in [2.75, 3.05) is 0 Å². The summed E-state index contributed by atoms with van der Waals surface area (Å²) in [6.45, 7) is 6.67. The smallest absolute Gasteiger partial charge is 0.431 e. The van der Waals surface area contributed by atoms with Gasteiger partial charge in [-0.05, 0) is 63.6 Å². The molecule has 0 amide bonds. The number of hydrogen-bond donors (Lipinski definition) is 1. The zero-order chi connectivity index (χ0) is 24.1. The molecule has 0 fully saturated rings. The Morgan fingerprint density at radius 3 is 2.16 bits per heavy atom. The normalized spacial score (nSPS) is 19.2. The van der Waals surface area contributed by atoms with Crippen LogP contribution in [0.25, 0.3) is 5.70 Å². The van der Waals surface area contributed by atoms with E-state index in [-0.39, 0.29) is 21.2 Å². The number of esters is 1. The number of ether oxygens (including phenoxy) is 1. The Morgan fingerprint density at radius 1 is 1.06 bits per heavy atom. The zero-order valence-electron chi connectivity index (χ0n) is 17.5. The molecule has 4 nitrogen and oxygen atoms in total.